The number of thiazole rings is 1. The molecule has 2 aliphatic heterocycles. The van der Waals surface area contributed by atoms with Gasteiger partial charge in [0.15, 0.2) is 5.13 Å². The van der Waals surface area contributed by atoms with Gasteiger partial charge in [-0.25, -0.2) is 4.98 Å². The van der Waals surface area contributed by atoms with Gasteiger partial charge in [0.05, 0.1) is 17.7 Å². The molecule has 0 radical (unpaired) electrons. The molecule has 0 aliphatic carbocycles. The molecule has 2 aromatic rings. The van der Waals surface area contributed by atoms with Gasteiger partial charge in [-0.05, 0) is 12.1 Å². The van der Waals surface area contributed by atoms with E-state index in [4.69, 9.17) is 4.74 Å². The molecule has 4 rings (SSSR count). The maximum absolute atomic E-state index is 12.6. The second-order valence-corrected chi connectivity index (χ2v) is 7.38. The molecule has 0 atom stereocenters. The van der Waals surface area contributed by atoms with Crippen molar-refractivity contribution in [3.63, 3.8) is 0 Å². The highest BCUT2D eigenvalue weighted by atomic mass is 32.1. The summed E-state index contributed by atoms with van der Waals surface area (Å²) in [5.74, 6) is 0.998. The number of methoxy groups -OCH3 is 1. The standard InChI is InChI=1S/C17H20N4O3S/c1-24-13-3-2-4-14-15(13)18-17(25-14)21-9-12(10-21)16(23)20-7-5-19(11-22)6-8-20/h2-4,11-12H,5-10H2,1H3. The number of fused-ring (bicyclic) bond motifs is 1. The van der Waals surface area contributed by atoms with Crippen molar-refractivity contribution >= 4 is 39.0 Å². The highest BCUT2D eigenvalue weighted by Gasteiger charge is 2.37. The summed E-state index contributed by atoms with van der Waals surface area (Å²) in [5.41, 5.74) is 0.879. The molecule has 0 N–H and O–H groups in total. The van der Waals surface area contributed by atoms with E-state index < -0.39 is 0 Å². The number of carbonyl (C=O) groups excluding carboxylic acids is 2. The summed E-state index contributed by atoms with van der Waals surface area (Å²) in [7, 11) is 1.65. The maximum atomic E-state index is 12.6. The van der Waals surface area contributed by atoms with Crippen molar-refractivity contribution < 1.29 is 14.3 Å². The average Bonchev–Trinajstić information content (AvgIpc) is 3.04. The fourth-order valence-electron chi connectivity index (χ4n) is 3.31. The number of benzene rings is 1. The van der Waals surface area contributed by atoms with Crippen molar-refractivity contribution in [1.82, 2.24) is 14.8 Å². The van der Waals surface area contributed by atoms with E-state index in [1.165, 1.54) is 0 Å². The number of hydrogen-bond donors (Lipinski definition) is 0. The second-order valence-electron chi connectivity index (χ2n) is 6.37. The lowest BCUT2D eigenvalue weighted by Crippen LogP contribution is -2.57. The number of carbonyl (C=O) groups is 2. The van der Waals surface area contributed by atoms with Crippen molar-refractivity contribution in [1.29, 1.82) is 0 Å². The molecule has 0 spiro atoms. The molecule has 2 saturated heterocycles. The number of nitrogens with zero attached hydrogens (tertiary/aromatic N) is 4. The Labute approximate surface area is 149 Å². The number of ether oxygens (including phenoxy) is 1. The predicted molar refractivity (Wildman–Crippen MR) is 96.1 cm³/mol. The number of rotatable bonds is 4. The molecule has 3 heterocycles. The van der Waals surface area contributed by atoms with Crippen LogP contribution < -0.4 is 9.64 Å². The summed E-state index contributed by atoms with van der Waals surface area (Å²) in [6, 6.07) is 5.91. The summed E-state index contributed by atoms with van der Waals surface area (Å²) < 4.78 is 6.46. The molecule has 132 valence electrons. The molecule has 2 fully saturated rings. The topological polar surface area (TPSA) is 66.0 Å². The average molecular weight is 360 g/mol. The zero-order valence-corrected chi connectivity index (χ0v) is 14.9. The smallest absolute Gasteiger partial charge is 0.229 e. The molecule has 1 aromatic carbocycles. The van der Waals surface area contributed by atoms with Crippen LogP contribution >= 0.6 is 11.3 Å². The van der Waals surface area contributed by atoms with Crippen LogP contribution in [0.1, 0.15) is 0 Å². The lowest BCUT2D eigenvalue weighted by molar-refractivity contribution is -0.139. The molecule has 7 nitrogen and oxygen atoms in total. The Morgan fingerprint density at radius 3 is 2.72 bits per heavy atom. The van der Waals surface area contributed by atoms with Gasteiger partial charge in [-0.2, -0.15) is 0 Å². The lowest BCUT2D eigenvalue weighted by Gasteiger charge is -2.42. The molecule has 8 heteroatoms. The van der Waals surface area contributed by atoms with E-state index in [1.807, 2.05) is 23.1 Å². The SMILES string of the molecule is COc1cccc2sc(N3CC(C(=O)N4CCN(C=O)CC4)C3)nc12. The molecule has 0 saturated carbocycles. The van der Waals surface area contributed by atoms with Gasteiger partial charge in [0.1, 0.15) is 11.3 Å². The fraction of sp³-hybridized carbons (Fsp3) is 0.471. The lowest BCUT2D eigenvalue weighted by atomic mass is 9.99. The third-order valence-electron chi connectivity index (χ3n) is 4.87. The van der Waals surface area contributed by atoms with Gasteiger partial charge in [-0.1, -0.05) is 17.4 Å². The highest BCUT2D eigenvalue weighted by molar-refractivity contribution is 7.22. The van der Waals surface area contributed by atoms with Crippen molar-refractivity contribution in [3.05, 3.63) is 18.2 Å². The minimum absolute atomic E-state index is 0.0247. The van der Waals surface area contributed by atoms with Crippen LogP contribution in [-0.4, -0.2) is 73.5 Å². The van der Waals surface area contributed by atoms with E-state index in [-0.39, 0.29) is 11.8 Å². The van der Waals surface area contributed by atoms with Crippen LogP contribution in [0.25, 0.3) is 10.2 Å². The van der Waals surface area contributed by atoms with Gasteiger partial charge >= 0.3 is 0 Å². The van der Waals surface area contributed by atoms with E-state index in [2.05, 4.69) is 9.88 Å². The van der Waals surface area contributed by atoms with Crippen LogP contribution in [0.2, 0.25) is 0 Å². The molecular formula is C17H20N4O3S. The summed E-state index contributed by atoms with van der Waals surface area (Å²) >= 11 is 1.63. The first-order chi connectivity index (χ1) is 12.2. The molecule has 2 amide bonds. The van der Waals surface area contributed by atoms with Gasteiger partial charge in [0.25, 0.3) is 0 Å². The first-order valence-corrected chi connectivity index (χ1v) is 9.18. The first kappa shape index (κ1) is 16.1. The predicted octanol–water partition coefficient (Wildman–Crippen LogP) is 1.04. The number of amides is 2. The summed E-state index contributed by atoms with van der Waals surface area (Å²) in [4.78, 5) is 33.8. The van der Waals surface area contributed by atoms with Crippen molar-refractivity contribution in [3.8, 4) is 5.75 Å². The molecule has 0 unspecified atom stereocenters. The minimum atomic E-state index is 0.0247. The molecule has 2 aliphatic rings. The van der Waals surface area contributed by atoms with Crippen molar-refractivity contribution in [2.24, 2.45) is 5.92 Å². The largest absolute Gasteiger partial charge is 0.494 e. The molecule has 1 aromatic heterocycles. The van der Waals surface area contributed by atoms with E-state index >= 15 is 0 Å². The van der Waals surface area contributed by atoms with E-state index in [0.29, 0.717) is 39.3 Å². The Hall–Kier alpha value is -2.35. The second kappa shape index (κ2) is 6.51. The number of piperazine rings is 1. The summed E-state index contributed by atoms with van der Waals surface area (Å²) in [5, 5.41) is 0.939. The van der Waals surface area contributed by atoms with Gasteiger partial charge in [0.2, 0.25) is 12.3 Å². The quantitative estimate of drug-likeness (QED) is 0.763. The third-order valence-corrected chi connectivity index (χ3v) is 5.95. The number of hydrogen-bond acceptors (Lipinski definition) is 6. The van der Waals surface area contributed by atoms with Crippen LogP contribution in [0.5, 0.6) is 5.75 Å². The third kappa shape index (κ3) is 2.90. The van der Waals surface area contributed by atoms with Crippen LogP contribution in [-0.2, 0) is 9.59 Å². The first-order valence-electron chi connectivity index (χ1n) is 8.36. The fourth-order valence-corrected chi connectivity index (χ4v) is 4.31. The van der Waals surface area contributed by atoms with Crippen LogP contribution in [0.4, 0.5) is 5.13 Å². The zero-order valence-electron chi connectivity index (χ0n) is 14.1. The molecular weight excluding hydrogens is 340 g/mol. The Bertz CT molecular complexity index is 794. The Balaban J connectivity index is 1.39. The Morgan fingerprint density at radius 2 is 2.04 bits per heavy atom. The molecule has 25 heavy (non-hydrogen) atoms. The normalized spacial score (nSPS) is 18.4. The monoisotopic (exact) mass is 360 g/mol. The van der Waals surface area contributed by atoms with Gasteiger partial charge < -0.3 is 19.4 Å². The van der Waals surface area contributed by atoms with Gasteiger partial charge in [-0.3, -0.25) is 9.59 Å². The van der Waals surface area contributed by atoms with Crippen LogP contribution in [0.3, 0.4) is 0 Å². The number of para-hydroxylation sites is 1. The Morgan fingerprint density at radius 1 is 1.28 bits per heavy atom. The molecule has 0 bridgehead atoms. The highest BCUT2D eigenvalue weighted by Crippen LogP contribution is 2.36. The van der Waals surface area contributed by atoms with Gasteiger partial charge in [0, 0.05) is 39.3 Å². The van der Waals surface area contributed by atoms with Crippen molar-refractivity contribution in [2.45, 2.75) is 0 Å². The number of anilines is 1. The maximum Gasteiger partial charge on any atom is 0.229 e. The summed E-state index contributed by atoms with van der Waals surface area (Å²) in [6.07, 6.45) is 0.855. The Kier molecular flexibility index (Phi) is 4.20. The van der Waals surface area contributed by atoms with Crippen LogP contribution in [0.15, 0.2) is 18.2 Å². The summed E-state index contributed by atoms with van der Waals surface area (Å²) in [6.45, 7) is 3.93. The van der Waals surface area contributed by atoms with Gasteiger partial charge in [-0.15, -0.1) is 0 Å². The minimum Gasteiger partial charge on any atom is -0.494 e. The van der Waals surface area contributed by atoms with E-state index in [0.717, 1.165) is 27.5 Å². The van der Waals surface area contributed by atoms with Crippen LogP contribution in [0, 0.1) is 5.92 Å². The number of aromatic nitrogens is 1. The van der Waals surface area contributed by atoms with E-state index in [9.17, 15) is 9.59 Å². The van der Waals surface area contributed by atoms with E-state index in [1.54, 1.807) is 23.3 Å². The van der Waals surface area contributed by atoms with Crippen molar-refractivity contribution in [2.75, 3.05) is 51.3 Å². The zero-order chi connectivity index (χ0) is 17.4.